The first kappa shape index (κ1) is 18.6. The summed E-state index contributed by atoms with van der Waals surface area (Å²) in [5, 5.41) is 9.39. The average molecular weight is 397 g/mol. The van der Waals surface area contributed by atoms with Crippen LogP contribution in [0.1, 0.15) is 6.42 Å². The normalized spacial score (nSPS) is 28.2. The van der Waals surface area contributed by atoms with E-state index in [-0.39, 0.29) is 25.1 Å². The summed E-state index contributed by atoms with van der Waals surface area (Å²) in [5.41, 5.74) is -0.359. The van der Waals surface area contributed by atoms with E-state index in [2.05, 4.69) is 4.72 Å². The second kappa shape index (κ2) is 5.67. The predicted molar refractivity (Wildman–Crippen MR) is 77.8 cm³/mol. The lowest BCUT2D eigenvalue weighted by molar-refractivity contribution is -0.190. The molecular formula is C13H14F3N3O6S. The number of hydrogen-bond acceptors (Lipinski definition) is 5. The summed E-state index contributed by atoms with van der Waals surface area (Å²) in [6, 6.07) is -2.19. The molecule has 3 rings (SSSR count). The van der Waals surface area contributed by atoms with Crippen LogP contribution in [0.2, 0.25) is 0 Å². The van der Waals surface area contributed by atoms with Gasteiger partial charge < -0.3 is 10.0 Å². The Bertz CT molecular complexity index is 837. The zero-order chi connectivity index (χ0) is 19.6. The Balaban J connectivity index is 1.92. The number of carboxylic acid groups (broad SMARTS) is 1. The van der Waals surface area contributed by atoms with Gasteiger partial charge in [-0.05, 0) is 12.0 Å². The number of halogens is 3. The van der Waals surface area contributed by atoms with Gasteiger partial charge in [0, 0.05) is 19.0 Å². The van der Waals surface area contributed by atoms with Crippen LogP contribution < -0.4 is 4.72 Å². The van der Waals surface area contributed by atoms with Crippen LogP contribution in [0.5, 0.6) is 0 Å². The van der Waals surface area contributed by atoms with E-state index in [0.717, 1.165) is 11.2 Å². The van der Waals surface area contributed by atoms with Crippen molar-refractivity contribution < 1.29 is 41.1 Å². The van der Waals surface area contributed by atoms with E-state index in [1.54, 1.807) is 0 Å². The first-order chi connectivity index (χ1) is 11.8. The zero-order valence-corrected chi connectivity index (χ0v) is 14.1. The van der Waals surface area contributed by atoms with Crippen LogP contribution in [-0.2, 0) is 24.4 Å². The number of rotatable bonds is 4. The van der Waals surface area contributed by atoms with Crippen molar-refractivity contribution in [3.8, 4) is 0 Å². The standard InChI is InChI=1S/C13H14F3N3O6S/c1-26(24,25)17-3-5-2-6-4-18(12(23)13(14,15)16)9-7(6)19(10(9)20)8(5)11(21)22/h6-7,9,17H,2-4H2,1H3,(H,21,22)/t6-,7-,9+/m1/s1. The Kier molecular flexibility index (Phi) is 4.07. The topological polar surface area (TPSA) is 124 Å². The molecule has 0 saturated carbocycles. The number of aliphatic carboxylic acids is 1. The second-order valence-corrected chi connectivity index (χ2v) is 8.25. The Hall–Kier alpha value is -2.15. The minimum Gasteiger partial charge on any atom is -0.477 e. The number of β-lactam (4-membered cyclic amide) rings is 1. The fourth-order valence-electron chi connectivity index (χ4n) is 3.78. The molecule has 0 aromatic heterocycles. The van der Waals surface area contributed by atoms with Gasteiger partial charge in [-0.2, -0.15) is 13.2 Å². The largest absolute Gasteiger partial charge is 0.477 e. The SMILES string of the molecule is CS(=O)(=O)NCC1=C(C(=O)O)N2C(=O)[C@@H]3[C@H]2[C@H](C1)CN3C(=O)C(F)(F)F. The number of sulfonamides is 1. The van der Waals surface area contributed by atoms with E-state index < -0.39 is 57.7 Å². The molecule has 144 valence electrons. The zero-order valence-electron chi connectivity index (χ0n) is 13.3. The van der Waals surface area contributed by atoms with Gasteiger partial charge in [-0.15, -0.1) is 0 Å². The van der Waals surface area contributed by atoms with Gasteiger partial charge in [-0.3, -0.25) is 14.5 Å². The number of nitrogens with zero attached hydrogens (tertiary/aromatic N) is 2. The van der Waals surface area contributed by atoms with Crippen molar-refractivity contribution in [3.05, 3.63) is 11.3 Å². The van der Waals surface area contributed by atoms with E-state index >= 15 is 0 Å². The highest BCUT2D eigenvalue weighted by Crippen LogP contribution is 2.47. The van der Waals surface area contributed by atoms with Gasteiger partial charge in [0.25, 0.3) is 5.91 Å². The summed E-state index contributed by atoms with van der Waals surface area (Å²) in [4.78, 5) is 36.7. The van der Waals surface area contributed by atoms with Gasteiger partial charge in [0.1, 0.15) is 11.7 Å². The highest BCUT2D eigenvalue weighted by molar-refractivity contribution is 7.88. The minimum absolute atomic E-state index is 0.0310. The third kappa shape index (κ3) is 2.84. The third-order valence-electron chi connectivity index (χ3n) is 4.70. The first-order valence-corrected chi connectivity index (χ1v) is 9.33. The van der Waals surface area contributed by atoms with E-state index in [0.29, 0.717) is 4.90 Å². The van der Waals surface area contributed by atoms with Crippen molar-refractivity contribution in [2.45, 2.75) is 24.7 Å². The summed E-state index contributed by atoms with van der Waals surface area (Å²) in [6.45, 7) is -0.740. The maximum Gasteiger partial charge on any atom is 0.471 e. The highest BCUT2D eigenvalue weighted by atomic mass is 32.2. The van der Waals surface area contributed by atoms with Crippen LogP contribution in [0.25, 0.3) is 0 Å². The van der Waals surface area contributed by atoms with Crippen molar-refractivity contribution >= 4 is 27.8 Å². The van der Waals surface area contributed by atoms with Crippen LogP contribution in [0.3, 0.4) is 0 Å². The molecule has 0 aromatic carbocycles. The molecule has 0 radical (unpaired) electrons. The summed E-state index contributed by atoms with van der Waals surface area (Å²) in [7, 11) is -3.65. The van der Waals surface area contributed by atoms with Crippen molar-refractivity contribution in [3.63, 3.8) is 0 Å². The monoisotopic (exact) mass is 397 g/mol. The molecule has 3 atom stereocenters. The van der Waals surface area contributed by atoms with Gasteiger partial charge in [-0.1, -0.05) is 0 Å². The number of carbonyl (C=O) groups is 3. The highest BCUT2D eigenvalue weighted by Gasteiger charge is 2.66. The Morgan fingerprint density at radius 3 is 2.46 bits per heavy atom. The second-order valence-electron chi connectivity index (χ2n) is 6.41. The smallest absolute Gasteiger partial charge is 0.471 e. The summed E-state index contributed by atoms with van der Waals surface area (Å²) in [6.07, 6.45) is -4.31. The summed E-state index contributed by atoms with van der Waals surface area (Å²) >= 11 is 0. The molecule has 3 aliphatic rings. The first-order valence-electron chi connectivity index (χ1n) is 7.43. The minimum atomic E-state index is -5.14. The van der Waals surface area contributed by atoms with Gasteiger partial charge in [0.05, 0.1) is 12.3 Å². The lowest BCUT2D eigenvalue weighted by Crippen LogP contribution is -2.70. The number of alkyl halides is 3. The van der Waals surface area contributed by atoms with Gasteiger partial charge in [0.2, 0.25) is 10.0 Å². The number of nitrogens with one attached hydrogen (secondary N) is 1. The van der Waals surface area contributed by atoms with Gasteiger partial charge in [-0.25, -0.2) is 17.9 Å². The molecule has 0 spiro atoms. The summed E-state index contributed by atoms with van der Waals surface area (Å²) in [5.74, 6) is -5.13. The number of amides is 2. The van der Waals surface area contributed by atoms with Crippen molar-refractivity contribution in [1.29, 1.82) is 0 Å². The fourth-order valence-corrected chi connectivity index (χ4v) is 4.22. The molecule has 3 heterocycles. The maximum atomic E-state index is 12.7. The van der Waals surface area contributed by atoms with E-state index in [1.807, 2.05) is 0 Å². The Morgan fingerprint density at radius 2 is 1.96 bits per heavy atom. The van der Waals surface area contributed by atoms with E-state index in [1.165, 1.54) is 0 Å². The number of carboxylic acids is 1. The average Bonchev–Trinajstić information content (AvgIpc) is 2.84. The fraction of sp³-hybridized carbons (Fsp3) is 0.615. The maximum absolute atomic E-state index is 12.7. The number of carbonyl (C=O) groups excluding carboxylic acids is 2. The molecule has 2 fully saturated rings. The molecular weight excluding hydrogens is 383 g/mol. The molecule has 2 amide bonds. The van der Waals surface area contributed by atoms with Crippen LogP contribution >= 0.6 is 0 Å². The molecule has 13 heteroatoms. The van der Waals surface area contributed by atoms with Crippen LogP contribution in [0.4, 0.5) is 13.2 Å². The van der Waals surface area contributed by atoms with Crippen molar-refractivity contribution in [1.82, 2.24) is 14.5 Å². The molecule has 26 heavy (non-hydrogen) atoms. The van der Waals surface area contributed by atoms with Crippen LogP contribution in [0.15, 0.2) is 11.3 Å². The Morgan fingerprint density at radius 1 is 1.35 bits per heavy atom. The molecule has 0 unspecified atom stereocenters. The van der Waals surface area contributed by atoms with E-state index in [4.69, 9.17) is 0 Å². The van der Waals surface area contributed by atoms with Gasteiger partial charge >= 0.3 is 18.1 Å². The van der Waals surface area contributed by atoms with Gasteiger partial charge in [0.15, 0.2) is 0 Å². The molecule has 0 bridgehead atoms. The Labute approximate surface area is 145 Å². The quantitative estimate of drug-likeness (QED) is 0.579. The molecule has 0 aromatic rings. The van der Waals surface area contributed by atoms with Crippen molar-refractivity contribution in [2.75, 3.05) is 19.3 Å². The summed E-state index contributed by atoms with van der Waals surface area (Å²) < 4.78 is 62.8. The third-order valence-corrected chi connectivity index (χ3v) is 5.37. The molecule has 2 N–H and O–H groups in total. The van der Waals surface area contributed by atoms with E-state index in [9.17, 15) is 41.1 Å². The molecule has 9 nitrogen and oxygen atoms in total. The lowest BCUT2D eigenvalue weighted by atomic mass is 9.79. The molecule has 0 aliphatic carbocycles. The number of likely N-dealkylation sites (tertiary alicyclic amines) is 1. The molecule has 3 aliphatic heterocycles. The van der Waals surface area contributed by atoms with Crippen molar-refractivity contribution in [2.24, 2.45) is 5.92 Å². The number of hydrogen-bond donors (Lipinski definition) is 2. The van der Waals surface area contributed by atoms with Crippen LogP contribution in [-0.4, -0.2) is 78.7 Å². The molecule has 2 saturated heterocycles. The van der Waals surface area contributed by atoms with Crippen LogP contribution in [0, 0.1) is 5.92 Å². The lowest BCUT2D eigenvalue weighted by Gasteiger charge is -2.49. The predicted octanol–water partition coefficient (Wildman–Crippen LogP) is -1.12.